The molecule has 0 spiro atoms. The Morgan fingerprint density at radius 2 is 1.68 bits per heavy atom. The van der Waals surface area contributed by atoms with Gasteiger partial charge in [0.15, 0.2) is 9.84 Å². The fraction of sp³-hybridized carbons (Fsp3) is 0.316. The number of nitrogens with one attached hydrogen (secondary N) is 1. The molecule has 1 saturated carbocycles. The highest BCUT2D eigenvalue weighted by molar-refractivity contribution is 7.90. The van der Waals surface area contributed by atoms with Gasteiger partial charge < -0.3 is 10.1 Å². The average Bonchev–Trinajstić information content (AvgIpc) is 3.08. The van der Waals surface area contributed by atoms with Crippen molar-refractivity contribution in [1.29, 1.82) is 0 Å². The van der Waals surface area contributed by atoms with Crippen LogP contribution in [-0.4, -0.2) is 26.7 Å². The SMILES string of the molecule is CS(=O)(=O)c1ccccc1NC(=O)c1ccc(OC2CCCC2)cc1. The van der Waals surface area contributed by atoms with Crippen molar-refractivity contribution in [1.82, 2.24) is 0 Å². The third-order valence-corrected chi connectivity index (χ3v) is 5.41. The molecule has 25 heavy (non-hydrogen) atoms. The molecule has 1 N–H and O–H groups in total. The van der Waals surface area contributed by atoms with Crippen molar-refractivity contribution < 1.29 is 17.9 Å². The lowest BCUT2D eigenvalue weighted by Gasteiger charge is -2.13. The molecule has 132 valence electrons. The summed E-state index contributed by atoms with van der Waals surface area (Å²) in [5.41, 5.74) is 0.725. The van der Waals surface area contributed by atoms with Gasteiger partial charge in [-0.25, -0.2) is 8.42 Å². The van der Waals surface area contributed by atoms with E-state index in [9.17, 15) is 13.2 Å². The Morgan fingerprint density at radius 1 is 1.04 bits per heavy atom. The molecule has 2 aromatic carbocycles. The second kappa shape index (κ2) is 7.27. The summed E-state index contributed by atoms with van der Waals surface area (Å²) in [6, 6.07) is 13.3. The number of rotatable bonds is 5. The van der Waals surface area contributed by atoms with E-state index in [-0.39, 0.29) is 22.6 Å². The Hall–Kier alpha value is -2.34. The minimum absolute atomic E-state index is 0.101. The number of carbonyl (C=O) groups is 1. The maximum absolute atomic E-state index is 12.4. The second-order valence-electron chi connectivity index (χ2n) is 6.27. The fourth-order valence-electron chi connectivity index (χ4n) is 2.97. The van der Waals surface area contributed by atoms with Gasteiger partial charge in [-0.2, -0.15) is 0 Å². The molecule has 1 aliphatic carbocycles. The van der Waals surface area contributed by atoms with Crippen LogP contribution in [0.15, 0.2) is 53.4 Å². The van der Waals surface area contributed by atoms with Crippen LogP contribution in [0.1, 0.15) is 36.0 Å². The summed E-state index contributed by atoms with van der Waals surface area (Å²) in [5.74, 6) is 0.392. The molecule has 0 saturated heterocycles. The van der Waals surface area contributed by atoms with Gasteiger partial charge >= 0.3 is 0 Å². The summed E-state index contributed by atoms with van der Waals surface area (Å²) in [5, 5.41) is 2.67. The van der Waals surface area contributed by atoms with Crippen molar-refractivity contribution >= 4 is 21.4 Å². The monoisotopic (exact) mass is 359 g/mol. The second-order valence-corrected chi connectivity index (χ2v) is 8.26. The summed E-state index contributed by atoms with van der Waals surface area (Å²) in [6.45, 7) is 0. The zero-order valence-corrected chi connectivity index (χ0v) is 14.9. The van der Waals surface area contributed by atoms with Gasteiger partial charge in [-0.05, 0) is 62.1 Å². The number of hydrogen-bond acceptors (Lipinski definition) is 4. The van der Waals surface area contributed by atoms with Crippen molar-refractivity contribution in [2.24, 2.45) is 0 Å². The molecule has 2 aromatic rings. The molecular formula is C19H21NO4S. The van der Waals surface area contributed by atoms with Crippen molar-refractivity contribution in [2.75, 3.05) is 11.6 Å². The van der Waals surface area contributed by atoms with Crippen LogP contribution >= 0.6 is 0 Å². The van der Waals surface area contributed by atoms with Crippen LogP contribution in [0.4, 0.5) is 5.69 Å². The van der Waals surface area contributed by atoms with Gasteiger partial charge in [-0.1, -0.05) is 12.1 Å². The summed E-state index contributed by atoms with van der Waals surface area (Å²) < 4.78 is 29.5. The van der Waals surface area contributed by atoms with Gasteiger partial charge in [0.2, 0.25) is 0 Å². The highest BCUT2D eigenvalue weighted by Gasteiger charge is 2.17. The topological polar surface area (TPSA) is 72.5 Å². The van der Waals surface area contributed by atoms with Crippen LogP contribution in [0.2, 0.25) is 0 Å². The molecule has 0 bridgehead atoms. The Labute approximate surface area is 147 Å². The Morgan fingerprint density at radius 3 is 2.32 bits per heavy atom. The molecule has 0 radical (unpaired) electrons. The number of amides is 1. The van der Waals surface area contributed by atoms with Crippen molar-refractivity contribution in [3.8, 4) is 5.75 Å². The van der Waals surface area contributed by atoms with E-state index in [0.717, 1.165) is 24.8 Å². The van der Waals surface area contributed by atoms with Crippen molar-refractivity contribution in [3.05, 3.63) is 54.1 Å². The standard InChI is InChI=1S/C19H21NO4S/c1-25(22,23)18-9-5-4-8-17(18)20-19(21)14-10-12-16(13-11-14)24-15-6-2-3-7-15/h4-5,8-13,15H,2-3,6-7H2,1H3,(H,20,21). The molecule has 1 fully saturated rings. The van der Waals surface area contributed by atoms with Crippen LogP contribution in [0.5, 0.6) is 5.75 Å². The summed E-state index contributed by atoms with van der Waals surface area (Å²) in [7, 11) is -3.42. The molecule has 1 aliphatic rings. The number of carbonyl (C=O) groups excluding carboxylic acids is 1. The normalized spacial score (nSPS) is 15.1. The minimum Gasteiger partial charge on any atom is -0.490 e. The van der Waals surface area contributed by atoms with Gasteiger partial charge in [-0.15, -0.1) is 0 Å². The smallest absolute Gasteiger partial charge is 0.255 e. The molecule has 1 amide bonds. The molecule has 0 unspecified atom stereocenters. The zero-order valence-electron chi connectivity index (χ0n) is 14.1. The first-order valence-electron chi connectivity index (χ1n) is 8.30. The highest BCUT2D eigenvalue weighted by atomic mass is 32.2. The Bertz CT molecular complexity index is 853. The van der Waals surface area contributed by atoms with Gasteiger partial charge in [0.05, 0.1) is 16.7 Å². The first-order valence-corrected chi connectivity index (χ1v) is 10.2. The minimum atomic E-state index is -3.42. The maximum Gasteiger partial charge on any atom is 0.255 e. The van der Waals surface area contributed by atoms with Crippen LogP contribution in [0.25, 0.3) is 0 Å². The first kappa shape index (κ1) is 17.5. The van der Waals surface area contributed by atoms with E-state index in [4.69, 9.17) is 4.74 Å². The van der Waals surface area contributed by atoms with Crippen LogP contribution in [0, 0.1) is 0 Å². The molecular weight excluding hydrogens is 338 g/mol. The van der Waals surface area contributed by atoms with E-state index in [1.807, 2.05) is 0 Å². The molecule has 6 heteroatoms. The Kier molecular flexibility index (Phi) is 5.08. The van der Waals surface area contributed by atoms with Crippen molar-refractivity contribution in [3.63, 3.8) is 0 Å². The first-order chi connectivity index (χ1) is 11.9. The number of anilines is 1. The maximum atomic E-state index is 12.4. The molecule has 0 aliphatic heterocycles. The quantitative estimate of drug-likeness (QED) is 0.884. The lowest BCUT2D eigenvalue weighted by molar-refractivity contribution is 0.102. The average molecular weight is 359 g/mol. The van der Waals surface area contributed by atoms with Gasteiger partial charge in [-0.3, -0.25) is 4.79 Å². The number of sulfone groups is 1. The van der Waals surface area contributed by atoms with Crippen molar-refractivity contribution in [2.45, 2.75) is 36.7 Å². The molecule has 5 nitrogen and oxygen atoms in total. The third-order valence-electron chi connectivity index (χ3n) is 4.26. The summed E-state index contributed by atoms with van der Waals surface area (Å²) in [6.07, 6.45) is 5.93. The van der Waals surface area contributed by atoms with Crippen LogP contribution in [-0.2, 0) is 9.84 Å². The van der Waals surface area contributed by atoms with E-state index in [2.05, 4.69) is 5.32 Å². The number of benzene rings is 2. The number of ether oxygens (including phenoxy) is 1. The molecule has 0 atom stereocenters. The van der Waals surface area contributed by atoms with E-state index in [1.165, 1.54) is 18.9 Å². The number of hydrogen-bond donors (Lipinski definition) is 1. The van der Waals surface area contributed by atoms with E-state index in [0.29, 0.717) is 5.56 Å². The van der Waals surface area contributed by atoms with Crippen LogP contribution < -0.4 is 10.1 Å². The molecule has 0 heterocycles. The predicted molar refractivity (Wildman–Crippen MR) is 96.8 cm³/mol. The molecule has 3 rings (SSSR count). The van der Waals surface area contributed by atoms with Crippen LogP contribution in [0.3, 0.4) is 0 Å². The lowest BCUT2D eigenvalue weighted by atomic mass is 10.2. The van der Waals surface area contributed by atoms with E-state index < -0.39 is 9.84 Å². The van der Waals surface area contributed by atoms with E-state index in [1.54, 1.807) is 42.5 Å². The fourth-order valence-corrected chi connectivity index (χ4v) is 3.82. The van der Waals surface area contributed by atoms with E-state index >= 15 is 0 Å². The summed E-state index contributed by atoms with van der Waals surface area (Å²) in [4.78, 5) is 12.5. The predicted octanol–water partition coefficient (Wildman–Crippen LogP) is 3.66. The zero-order chi connectivity index (χ0) is 17.9. The number of para-hydroxylation sites is 1. The Balaban J connectivity index is 1.71. The van der Waals surface area contributed by atoms with Gasteiger partial charge in [0, 0.05) is 11.8 Å². The third kappa shape index (κ3) is 4.39. The molecule has 0 aromatic heterocycles. The largest absolute Gasteiger partial charge is 0.490 e. The highest BCUT2D eigenvalue weighted by Crippen LogP contribution is 2.25. The van der Waals surface area contributed by atoms with Gasteiger partial charge in [0.25, 0.3) is 5.91 Å². The summed E-state index contributed by atoms with van der Waals surface area (Å²) >= 11 is 0. The lowest BCUT2D eigenvalue weighted by Crippen LogP contribution is -2.15. The van der Waals surface area contributed by atoms with Gasteiger partial charge in [0.1, 0.15) is 5.75 Å².